The van der Waals surface area contributed by atoms with Gasteiger partial charge < -0.3 is 4.74 Å². The molecular weight excluding hydrogens is 283 g/mol. The van der Waals surface area contributed by atoms with E-state index in [4.69, 9.17) is 27.9 Å². The molecule has 0 radical (unpaired) electrons. The maximum atomic E-state index is 12.8. The number of carbonyl (C=O) groups is 1. The third-order valence-corrected chi connectivity index (χ3v) is 4.90. The van der Waals surface area contributed by atoms with Gasteiger partial charge in [-0.05, 0) is 43.7 Å². The number of ketones is 1. The number of hydrogen-bond acceptors (Lipinski definition) is 2. The number of hydrogen-bond donors (Lipinski definition) is 0. The number of benzene rings is 1. The van der Waals surface area contributed by atoms with Crippen molar-refractivity contribution in [1.29, 1.82) is 0 Å². The lowest BCUT2D eigenvalue weighted by Crippen LogP contribution is -2.44. The Kier molecular flexibility index (Phi) is 4.54. The second-order valence-electron chi connectivity index (χ2n) is 5.31. The third kappa shape index (κ3) is 2.81. The number of carbonyl (C=O) groups excluding carboxylic acids is 1. The molecule has 104 valence electrons. The van der Waals surface area contributed by atoms with Crippen LogP contribution in [0.15, 0.2) is 18.2 Å². The van der Waals surface area contributed by atoms with Gasteiger partial charge in [0.05, 0.1) is 10.0 Å². The van der Waals surface area contributed by atoms with Crippen molar-refractivity contribution in [3.63, 3.8) is 0 Å². The molecule has 0 aliphatic heterocycles. The van der Waals surface area contributed by atoms with E-state index >= 15 is 0 Å². The summed E-state index contributed by atoms with van der Waals surface area (Å²) in [4.78, 5) is 12.8. The average molecular weight is 301 g/mol. The lowest BCUT2D eigenvalue weighted by molar-refractivity contribution is -0.0263. The van der Waals surface area contributed by atoms with Gasteiger partial charge in [0.1, 0.15) is 5.60 Å². The second kappa shape index (κ2) is 5.82. The normalized spacial score (nSPS) is 27.3. The molecule has 0 N–H and O–H groups in total. The Hall–Kier alpha value is -0.570. The van der Waals surface area contributed by atoms with E-state index in [1.807, 2.05) is 0 Å². The molecule has 0 amide bonds. The predicted molar refractivity (Wildman–Crippen MR) is 78.2 cm³/mol. The highest BCUT2D eigenvalue weighted by Gasteiger charge is 2.42. The topological polar surface area (TPSA) is 26.3 Å². The molecule has 0 aromatic heterocycles. The quantitative estimate of drug-likeness (QED) is 0.752. The molecule has 0 spiro atoms. The third-order valence-electron chi connectivity index (χ3n) is 4.08. The van der Waals surface area contributed by atoms with Gasteiger partial charge in [0.25, 0.3) is 0 Å². The zero-order chi connectivity index (χ0) is 14.0. The van der Waals surface area contributed by atoms with E-state index < -0.39 is 5.60 Å². The Morgan fingerprint density at radius 2 is 1.95 bits per heavy atom. The van der Waals surface area contributed by atoms with Crippen LogP contribution in [-0.4, -0.2) is 18.5 Å². The van der Waals surface area contributed by atoms with Crippen LogP contribution >= 0.6 is 23.2 Å². The molecule has 0 bridgehead atoms. The molecule has 19 heavy (non-hydrogen) atoms. The fourth-order valence-corrected chi connectivity index (χ4v) is 3.06. The van der Waals surface area contributed by atoms with Crippen molar-refractivity contribution in [1.82, 2.24) is 0 Å². The number of halogens is 2. The van der Waals surface area contributed by atoms with E-state index in [1.165, 1.54) is 0 Å². The highest BCUT2D eigenvalue weighted by Crippen LogP contribution is 2.38. The molecular formula is C15H18Cl2O2. The minimum Gasteiger partial charge on any atom is -0.370 e. The van der Waals surface area contributed by atoms with Crippen LogP contribution < -0.4 is 0 Å². The summed E-state index contributed by atoms with van der Waals surface area (Å²) in [6.07, 6.45) is 3.48. The molecule has 0 saturated heterocycles. The number of Topliss-reactive ketones (excluding diaryl/α,β-unsaturated/α-hetero) is 1. The van der Waals surface area contributed by atoms with Crippen molar-refractivity contribution in [3.05, 3.63) is 33.8 Å². The van der Waals surface area contributed by atoms with Crippen LogP contribution in [0.4, 0.5) is 0 Å². The number of rotatable bonds is 3. The highest BCUT2D eigenvalue weighted by molar-refractivity contribution is 6.44. The lowest BCUT2D eigenvalue weighted by Gasteiger charge is -2.37. The summed E-state index contributed by atoms with van der Waals surface area (Å²) in [5, 5.41) is 0.729. The summed E-state index contributed by atoms with van der Waals surface area (Å²) < 4.78 is 5.59. The summed E-state index contributed by atoms with van der Waals surface area (Å²) in [5.41, 5.74) is -0.272. The minimum absolute atomic E-state index is 0.0469. The van der Waals surface area contributed by atoms with Gasteiger partial charge in [-0.25, -0.2) is 0 Å². The Morgan fingerprint density at radius 1 is 1.32 bits per heavy atom. The van der Waals surface area contributed by atoms with Crippen molar-refractivity contribution < 1.29 is 9.53 Å². The zero-order valence-corrected chi connectivity index (χ0v) is 12.7. The Balaban J connectivity index is 2.33. The van der Waals surface area contributed by atoms with Crippen molar-refractivity contribution in [3.8, 4) is 0 Å². The second-order valence-corrected chi connectivity index (χ2v) is 6.10. The van der Waals surface area contributed by atoms with Gasteiger partial charge in [0.15, 0.2) is 5.78 Å². The summed E-state index contributed by atoms with van der Waals surface area (Å²) in [7, 11) is 1.60. The first-order valence-electron chi connectivity index (χ1n) is 6.54. The highest BCUT2D eigenvalue weighted by atomic mass is 35.5. The monoisotopic (exact) mass is 300 g/mol. The van der Waals surface area contributed by atoms with E-state index in [0.717, 1.165) is 25.7 Å². The summed E-state index contributed by atoms with van der Waals surface area (Å²) in [6, 6.07) is 5.15. The van der Waals surface area contributed by atoms with Gasteiger partial charge in [-0.1, -0.05) is 36.2 Å². The Labute approximate surface area is 124 Å². The van der Waals surface area contributed by atoms with Crippen LogP contribution in [0.5, 0.6) is 0 Å². The fraction of sp³-hybridized carbons (Fsp3) is 0.533. The van der Waals surface area contributed by atoms with E-state index in [0.29, 0.717) is 21.5 Å². The van der Waals surface area contributed by atoms with Crippen LogP contribution in [-0.2, 0) is 4.74 Å². The van der Waals surface area contributed by atoms with E-state index in [-0.39, 0.29) is 5.78 Å². The molecule has 1 aromatic rings. The van der Waals surface area contributed by atoms with Crippen molar-refractivity contribution >= 4 is 29.0 Å². The smallest absolute Gasteiger partial charge is 0.196 e. The SMILES string of the molecule is COC1(C(=O)c2cccc(Cl)c2Cl)CCC(C)CC1. The van der Waals surface area contributed by atoms with Crippen molar-refractivity contribution in [2.45, 2.75) is 38.2 Å². The average Bonchev–Trinajstić information content (AvgIpc) is 2.42. The number of methoxy groups -OCH3 is 1. The maximum absolute atomic E-state index is 12.8. The van der Waals surface area contributed by atoms with Gasteiger partial charge in [-0.2, -0.15) is 0 Å². The first kappa shape index (κ1) is 14.8. The largest absolute Gasteiger partial charge is 0.370 e. The van der Waals surface area contributed by atoms with E-state index in [2.05, 4.69) is 6.92 Å². The van der Waals surface area contributed by atoms with Crippen LogP contribution in [0.2, 0.25) is 10.0 Å². The van der Waals surface area contributed by atoms with Gasteiger partial charge in [-0.3, -0.25) is 4.79 Å². The molecule has 2 rings (SSSR count). The zero-order valence-electron chi connectivity index (χ0n) is 11.2. The summed E-state index contributed by atoms with van der Waals surface area (Å²) in [5.74, 6) is 0.598. The van der Waals surface area contributed by atoms with Gasteiger partial charge in [0, 0.05) is 12.7 Å². The Bertz CT molecular complexity index is 477. The summed E-state index contributed by atoms with van der Waals surface area (Å²) in [6.45, 7) is 2.20. The summed E-state index contributed by atoms with van der Waals surface area (Å²) >= 11 is 12.1. The molecule has 4 heteroatoms. The molecule has 0 heterocycles. The molecule has 1 saturated carbocycles. The van der Waals surface area contributed by atoms with Crippen LogP contribution in [0.1, 0.15) is 43.0 Å². The van der Waals surface area contributed by atoms with Gasteiger partial charge in [-0.15, -0.1) is 0 Å². The van der Waals surface area contributed by atoms with E-state index in [1.54, 1.807) is 25.3 Å². The lowest BCUT2D eigenvalue weighted by atomic mass is 9.75. The first-order valence-corrected chi connectivity index (χ1v) is 7.30. The Morgan fingerprint density at radius 3 is 2.53 bits per heavy atom. The number of ether oxygens (including phenoxy) is 1. The molecule has 0 atom stereocenters. The van der Waals surface area contributed by atoms with Gasteiger partial charge in [0.2, 0.25) is 0 Å². The molecule has 1 fully saturated rings. The van der Waals surface area contributed by atoms with E-state index in [9.17, 15) is 4.79 Å². The maximum Gasteiger partial charge on any atom is 0.196 e. The fourth-order valence-electron chi connectivity index (χ4n) is 2.68. The molecule has 1 aliphatic rings. The minimum atomic E-state index is -0.735. The molecule has 0 unspecified atom stereocenters. The first-order chi connectivity index (χ1) is 9.00. The van der Waals surface area contributed by atoms with Crippen molar-refractivity contribution in [2.75, 3.05) is 7.11 Å². The van der Waals surface area contributed by atoms with Gasteiger partial charge >= 0.3 is 0 Å². The van der Waals surface area contributed by atoms with Crippen LogP contribution in [0, 0.1) is 5.92 Å². The molecule has 2 nitrogen and oxygen atoms in total. The molecule has 1 aliphatic carbocycles. The van der Waals surface area contributed by atoms with Crippen molar-refractivity contribution in [2.24, 2.45) is 5.92 Å². The van der Waals surface area contributed by atoms with Crippen LogP contribution in [0.3, 0.4) is 0 Å². The van der Waals surface area contributed by atoms with Crippen LogP contribution in [0.25, 0.3) is 0 Å². The molecule has 1 aromatic carbocycles. The standard InChI is InChI=1S/C15H18Cl2O2/c1-10-6-8-15(19-2,9-7-10)14(18)11-4-3-5-12(16)13(11)17/h3-5,10H,6-9H2,1-2H3. The predicted octanol–water partition coefficient (Wildman–Crippen LogP) is 4.77.